The smallest absolute Gasteiger partial charge is 0.744 e. The number of rotatable bonds is 15. The van der Waals surface area contributed by atoms with Crippen molar-refractivity contribution in [3.8, 4) is 34.2 Å². The van der Waals surface area contributed by atoms with Gasteiger partial charge in [-0.05, 0) is 183 Å². The zero-order valence-electron chi connectivity index (χ0n) is 56.0. The maximum absolute atomic E-state index is 13.9. The number of aromatic amines is 4. The summed E-state index contributed by atoms with van der Waals surface area (Å²) in [6.45, 7) is 3.50. The Labute approximate surface area is 648 Å². The summed E-state index contributed by atoms with van der Waals surface area (Å²) in [5.74, 6) is -3.29. The standard InChI is InChI=1S/C42H30N8O7S3.C12H14N4O2S.C8H6O7S.C8H6O4.2CH4.Na/c1-22-3-12-30(39(17-22)60(55,56)57)42-47-34-16-11-29(21-38(34)50-42)59(53,54)28-10-15-33-37(20-28)49-41(46-33)25-6-4-24(5-7-25)40-45-32-14-9-27(19-36(32)48-40)58(51,52)26-8-13-31-35(18-26)44-23(2)43-31;13-9-3-1-7(5-11(9)15)19(17,18)8-2-4-10(14)12(16)6-8;9-7(10)4-1-2-5(8(11)12)6(3-4)16(13,14)15;9-7(10)5-1-2-6(4-3-5)8(11)12;;;/h3-21H,1-2H3,(H,43,44)(H,45,48)(H,46,49)(H,47,50)(H,55,56,57);1-6H,13-16H2;1-3H,(H,9,10)(H,11,12)(H,13,14,15);1-4H,(H,9,10)(H,11,12);2*1H4;/q;;;;;;+1/p-1. The maximum Gasteiger partial charge on any atom is 1.00 e. The van der Waals surface area contributed by atoms with Crippen LogP contribution in [0, 0.1) is 13.8 Å². The molecule has 0 aliphatic rings. The monoisotopic (exact) mass is 1600 g/mol. The molecule has 32 nitrogen and oxygen atoms in total. The number of imidazole rings is 4. The van der Waals surface area contributed by atoms with Crippen molar-refractivity contribution in [2.45, 2.75) is 67.9 Å². The average Bonchev–Trinajstić information content (AvgIpc) is 1.58. The molecule has 562 valence electrons. The fourth-order valence-electron chi connectivity index (χ4n) is 10.6. The number of hydrogen-bond acceptors (Lipinski definition) is 23. The van der Waals surface area contributed by atoms with E-state index < -0.39 is 89.6 Å². The molecule has 4 aromatic heterocycles. The second-order valence-corrected chi connectivity index (χ2v) is 32.0. The number of nitrogens with zero attached hydrogens (tertiary/aromatic N) is 4. The van der Waals surface area contributed by atoms with Crippen LogP contribution in [-0.2, 0) is 49.7 Å². The fourth-order valence-corrected chi connectivity index (χ4v) is 16.0. The van der Waals surface area contributed by atoms with Crippen LogP contribution in [0.15, 0.2) is 233 Å². The van der Waals surface area contributed by atoms with Crippen LogP contribution in [0.3, 0.4) is 0 Å². The van der Waals surface area contributed by atoms with Crippen molar-refractivity contribution in [1.29, 1.82) is 0 Å². The summed E-state index contributed by atoms with van der Waals surface area (Å²) in [5.41, 5.74) is 28.9. The van der Waals surface area contributed by atoms with Gasteiger partial charge in [0, 0.05) is 16.7 Å². The molecule has 38 heteroatoms. The van der Waals surface area contributed by atoms with Crippen molar-refractivity contribution in [2.75, 3.05) is 22.9 Å². The molecule has 10 aromatic carbocycles. The summed E-state index contributed by atoms with van der Waals surface area (Å²) >= 11 is 0. The van der Waals surface area contributed by atoms with Crippen LogP contribution in [0.5, 0.6) is 0 Å². The van der Waals surface area contributed by atoms with Crippen LogP contribution in [0.4, 0.5) is 22.7 Å². The van der Waals surface area contributed by atoms with Crippen molar-refractivity contribution < 1.29 is 120 Å². The summed E-state index contributed by atoms with van der Waals surface area (Å²) in [7, 11) is -21.1. The van der Waals surface area contributed by atoms with Crippen LogP contribution in [0.1, 0.15) is 67.7 Å². The number of anilines is 4. The molecule has 0 bridgehead atoms. The third-order valence-electron chi connectivity index (χ3n) is 16.1. The predicted octanol–water partition coefficient (Wildman–Crippen LogP) is 7.92. The van der Waals surface area contributed by atoms with Crippen molar-refractivity contribution in [3.63, 3.8) is 0 Å². The average molecular weight is 1600 g/mol. The SMILES string of the molecule is C.C.Cc1ccc(-c2nc3ccc(S(=O)(=O)c4ccc5nc(-c6ccc(-c7nc8ccc(S(=O)(=O)c9ccc%10nc(C)[nH]c%10c9)cc8[nH]7)cc6)[nH]c5c4)cc3[nH]2)c(S(=O)(=O)O)c1.Nc1ccc(S(=O)(=O)c2ccc(N)c(N)c2)cc1N.O=C(O)c1ccc(C(=O)O)c(S(=O)(=O)[O-])c1.O=C(O)c1ccc(C(=O)O)cc1.[Na+]. The molecule has 110 heavy (non-hydrogen) atoms. The van der Waals surface area contributed by atoms with Gasteiger partial charge in [-0.1, -0.05) is 45.2 Å². The van der Waals surface area contributed by atoms with E-state index in [1.807, 2.05) is 31.2 Å². The van der Waals surface area contributed by atoms with Gasteiger partial charge in [0.2, 0.25) is 29.5 Å². The van der Waals surface area contributed by atoms with E-state index in [0.717, 1.165) is 23.3 Å². The molecular formula is C72H63N12NaO20S5. The summed E-state index contributed by atoms with van der Waals surface area (Å²) in [5, 5.41) is 34.1. The quantitative estimate of drug-likeness (QED) is 0.0263. The van der Waals surface area contributed by atoms with Crippen LogP contribution in [0.2, 0.25) is 0 Å². The number of nitrogens with one attached hydrogen (secondary N) is 4. The minimum atomic E-state index is -5.03. The second-order valence-electron chi connectivity index (χ2n) is 23.4. The molecule has 0 aliphatic heterocycles. The van der Waals surface area contributed by atoms with Crippen LogP contribution >= 0.6 is 0 Å². The molecular weight excluding hydrogens is 1540 g/mol. The Morgan fingerprint density at radius 3 is 1.05 bits per heavy atom. The van der Waals surface area contributed by atoms with Gasteiger partial charge < -0.3 is 67.8 Å². The molecule has 0 radical (unpaired) electrons. The van der Waals surface area contributed by atoms with Gasteiger partial charge in [0.25, 0.3) is 10.1 Å². The largest absolute Gasteiger partial charge is 1.00 e. The Morgan fingerprint density at radius 2 is 0.700 bits per heavy atom. The number of carboxylic acids is 4. The first-order valence-electron chi connectivity index (χ1n) is 30.6. The van der Waals surface area contributed by atoms with Crippen LogP contribution in [0.25, 0.3) is 78.3 Å². The van der Waals surface area contributed by atoms with E-state index in [1.165, 1.54) is 103 Å². The van der Waals surface area contributed by atoms with E-state index in [0.29, 0.717) is 84.6 Å². The van der Waals surface area contributed by atoms with Crippen molar-refractivity contribution in [3.05, 3.63) is 228 Å². The number of nitrogen functional groups attached to an aromatic ring is 4. The van der Waals surface area contributed by atoms with E-state index in [1.54, 1.807) is 55.5 Å². The van der Waals surface area contributed by atoms with E-state index in [9.17, 15) is 70.4 Å². The molecule has 0 amide bonds. The summed E-state index contributed by atoms with van der Waals surface area (Å²) in [4.78, 5) is 71.6. The molecule has 17 N–H and O–H groups in total. The van der Waals surface area contributed by atoms with Crippen molar-refractivity contribution in [1.82, 2.24) is 39.9 Å². The summed E-state index contributed by atoms with van der Waals surface area (Å²) < 4.78 is 146. The number of aromatic carboxylic acids is 4. The molecule has 0 atom stereocenters. The summed E-state index contributed by atoms with van der Waals surface area (Å²) in [6.07, 6.45) is 0. The van der Waals surface area contributed by atoms with Crippen molar-refractivity contribution >= 4 is 141 Å². The fraction of sp³-hybridized carbons (Fsp3) is 0.0556. The molecule has 0 aliphatic carbocycles. The first-order chi connectivity index (χ1) is 50.3. The normalized spacial score (nSPS) is 11.5. The number of H-pyrrole nitrogens is 4. The van der Waals surface area contributed by atoms with Gasteiger partial charge in [0.15, 0.2) is 0 Å². The van der Waals surface area contributed by atoms with Gasteiger partial charge in [-0.3, -0.25) is 4.55 Å². The second kappa shape index (κ2) is 32.3. The molecule has 14 rings (SSSR count). The van der Waals surface area contributed by atoms with E-state index in [2.05, 4.69) is 39.9 Å². The Morgan fingerprint density at radius 1 is 0.364 bits per heavy atom. The number of carbonyl (C=O) groups is 4. The van der Waals surface area contributed by atoms with E-state index in [-0.39, 0.29) is 113 Å². The zero-order valence-corrected chi connectivity index (χ0v) is 62.1. The number of fused-ring (bicyclic) bond motifs is 4. The van der Waals surface area contributed by atoms with Gasteiger partial charge in [0.05, 0.1) is 123 Å². The third-order valence-corrected chi connectivity index (χ3v) is 23.1. The van der Waals surface area contributed by atoms with Crippen molar-refractivity contribution in [2.24, 2.45) is 0 Å². The first-order valence-corrected chi connectivity index (χ1v) is 37.9. The number of carboxylic acid groups (broad SMARTS) is 4. The number of aromatic nitrogens is 8. The minimum absolute atomic E-state index is 0. The topological polar surface area (TPSA) is 582 Å². The molecule has 0 spiro atoms. The molecule has 0 saturated carbocycles. The first kappa shape index (κ1) is 83.5. The Kier molecular flexibility index (Phi) is 24.5. The van der Waals surface area contributed by atoms with Crippen LogP contribution in [-0.4, -0.2) is 135 Å². The molecule has 14 aromatic rings. The maximum atomic E-state index is 13.9. The molecule has 0 fully saturated rings. The van der Waals surface area contributed by atoms with E-state index in [4.69, 9.17) is 43.4 Å². The van der Waals surface area contributed by atoms with Gasteiger partial charge in [-0.25, -0.2) is 72.8 Å². The molecule has 0 unspecified atom stereocenters. The summed E-state index contributed by atoms with van der Waals surface area (Å²) in [6, 6.07) is 46.1. The zero-order chi connectivity index (χ0) is 77.6. The Hall–Kier alpha value is -12.2. The van der Waals surface area contributed by atoms with E-state index >= 15 is 0 Å². The molecule has 4 heterocycles. The van der Waals surface area contributed by atoms with Crippen LogP contribution < -0.4 is 52.5 Å². The van der Waals surface area contributed by atoms with Gasteiger partial charge in [-0.15, -0.1) is 0 Å². The number of benzene rings is 10. The number of sulfone groups is 3. The number of nitrogens with two attached hydrogens (primary N) is 4. The van der Waals surface area contributed by atoms with Gasteiger partial charge >= 0.3 is 53.4 Å². The third kappa shape index (κ3) is 17.8. The predicted molar refractivity (Wildman–Crippen MR) is 403 cm³/mol. The van der Waals surface area contributed by atoms with Gasteiger partial charge in [0.1, 0.15) is 38.3 Å². The number of aryl methyl sites for hydroxylation is 2. The number of hydrogen-bond donors (Lipinski definition) is 13. The van der Waals surface area contributed by atoms with Gasteiger partial charge in [-0.2, -0.15) is 8.42 Å². The Balaban J connectivity index is 0.000000246. The minimum Gasteiger partial charge on any atom is -0.744 e. The molecule has 0 saturated heterocycles. The Bertz CT molecular complexity index is 6520.